The summed E-state index contributed by atoms with van der Waals surface area (Å²) in [4.78, 5) is 10.5. The van der Waals surface area contributed by atoms with Crippen molar-refractivity contribution in [2.45, 2.75) is 0 Å². The van der Waals surface area contributed by atoms with Crippen molar-refractivity contribution in [3.05, 3.63) is 29.3 Å². The molecule has 72 valence electrons. The Labute approximate surface area is 85.9 Å². The van der Waals surface area contributed by atoms with Crippen molar-refractivity contribution in [1.29, 1.82) is 0 Å². The van der Waals surface area contributed by atoms with Crippen LogP contribution in [0.4, 0.5) is 0 Å². The van der Waals surface area contributed by atoms with Crippen LogP contribution in [0.2, 0.25) is 0 Å². The van der Waals surface area contributed by atoms with E-state index in [9.17, 15) is 9.90 Å². The highest BCUT2D eigenvalue weighted by Gasteiger charge is 2.08. The summed E-state index contributed by atoms with van der Waals surface area (Å²) in [6.07, 6.45) is 0. The molecule has 1 aromatic carbocycles. The van der Waals surface area contributed by atoms with Gasteiger partial charge in [-0.2, -0.15) is 0 Å². The Kier molecular flexibility index (Phi) is 3.38. The van der Waals surface area contributed by atoms with E-state index in [1.165, 1.54) is 18.2 Å². The van der Waals surface area contributed by atoms with Crippen molar-refractivity contribution in [1.82, 2.24) is 0 Å². The lowest BCUT2D eigenvalue weighted by atomic mass is 10.1. The molecule has 0 aromatic heterocycles. The molecule has 0 aliphatic carbocycles. The lowest BCUT2D eigenvalue weighted by Gasteiger charge is -1.98. The third-order valence-electron chi connectivity index (χ3n) is 1.53. The molecule has 14 heavy (non-hydrogen) atoms. The van der Waals surface area contributed by atoms with Crippen LogP contribution in [0.3, 0.4) is 0 Å². The van der Waals surface area contributed by atoms with E-state index in [0.29, 0.717) is 5.56 Å². The number of carboxylic acids is 1. The van der Waals surface area contributed by atoms with Gasteiger partial charge in [-0.15, -0.1) is 11.6 Å². The summed E-state index contributed by atoms with van der Waals surface area (Å²) >= 11 is 5.34. The molecular formula is C10H7ClO3. The minimum Gasteiger partial charge on any atom is -0.507 e. The molecular weight excluding hydrogens is 204 g/mol. The maximum absolute atomic E-state index is 10.5. The maximum atomic E-state index is 10.5. The van der Waals surface area contributed by atoms with E-state index in [4.69, 9.17) is 16.7 Å². The topological polar surface area (TPSA) is 57.5 Å². The van der Waals surface area contributed by atoms with Gasteiger partial charge in [-0.25, -0.2) is 4.79 Å². The van der Waals surface area contributed by atoms with Crippen LogP contribution in [0.25, 0.3) is 0 Å². The molecule has 0 fully saturated rings. The minimum absolute atomic E-state index is 0.138. The predicted octanol–water partition coefficient (Wildman–Crippen LogP) is 1.68. The van der Waals surface area contributed by atoms with Crippen molar-refractivity contribution in [3.63, 3.8) is 0 Å². The zero-order valence-corrected chi connectivity index (χ0v) is 7.88. The Morgan fingerprint density at radius 1 is 1.50 bits per heavy atom. The SMILES string of the molecule is O=C(O)c1ccc(C#CCCl)cc1O. The van der Waals surface area contributed by atoms with Crippen molar-refractivity contribution in [3.8, 4) is 17.6 Å². The molecule has 0 saturated carbocycles. The average Bonchev–Trinajstić information content (AvgIpc) is 2.14. The smallest absolute Gasteiger partial charge is 0.339 e. The first-order chi connectivity index (χ1) is 6.65. The van der Waals surface area contributed by atoms with E-state index in [-0.39, 0.29) is 17.2 Å². The van der Waals surface area contributed by atoms with Crippen LogP contribution in [0, 0.1) is 11.8 Å². The number of hydrogen-bond acceptors (Lipinski definition) is 2. The molecule has 2 N–H and O–H groups in total. The second-order valence-corrected chi connectivity index (χ2v) is 2.74. The highest BCUT2D eigenvalue weighted by Crippen LogP contribution is 2.17. The molecule has 1 aromatic rings. The highest BCUT2D eigenvalue weighted by molar-refractivity contribution is 6.19. The number of halogens is 1. The number of hydrogen-bond donors (Lipinski definition) is 2. The Balaban J connectivity index is 3.06. The third kappa shape index (κ3) is 2.41. The largest absolute Gasteiger partial charge is 0.507 e. The van der Waals surface area contributed by atoms with Crippen LogP contribution in [0.15, 0.2) is 18.2 Å². The zero-order chi connectivity index (χ0) is 10.6. The molecule has 0 bridgehead atoms. The molecule has 0 amide bonds. The van der Waals surface area contributed by atoms with Gasteiger partial charge in [-0.05, 0) is 18.2 Å². The van der Waals surface area contributed by atoms with Gasteiger partial charge in [0.25, 0.3) is 0 Å². The fourth-order valence-electron chi connectivity index (χ4n) is 0.926. The van der Waals surface area contributed by atoms with Crippen LogP contribution in [0.5, 0.6) is 5.75 Å². The van der Waals surface area contributed by atoms with Crippen molar-refractivity contribution >= 4 is 17.6 Å². The summed E-state index contributed by atoms with van der Waals surface area (Å²) in [6.45, 7) is 0. The second kappa shape index (κ2) is 4.54. The quantitative estimate of drug-likeness (QED) is 0.548. The average molecular weight is 211 g/mol. The van der Waals surface area contributed by atoms with Gasteiger partial charge in [0.05, 0.1) is 5.88 Å². The van der Waals surface area contributed by atoms with Gasteiger partial charge in [0.15, 0.2) is 0 Å². The van der Waals surface area contributed by atoms with Crippen LogP contribution in [0.1, 0.15) is 15.9 Å². The lowest BCUT2D eigenvalue weighted by Crippen LogP contribution is -1.96. The summed E-state index contributed by atoms with van der Waals surface area (Å²) in [5, 5.41) is 17.9. The summed E-state index contributed by atoms with van der Waals surface area (Å²) < 4.78 is 0. The fourth-order valence-corrected chi connectivity index (χ4v) is 0.993. The first-order valence-corrected chi connectivity index (χ1v) is 4.29. The van der Waals surface area contributed by atoms with E-state index in [0.717, 1.165) is 0 Å². The Bertz CT molecular complexity index is 415. The predicted molar refractivity (Wildman–Crippen MR) is 52.7 cm³/mol. The third-order valence-corrected chi connectivity index (χ3v) is 1.66. The molecule has 0 aliphatic rings. The number of aromatic hydroxyl groups is 1. The van der Waals surface area contributed by atoms with Crippen LogP contribution in [-0.4, -0.2) is 22.1 Å². The van der Waals surface area contributed by atoms with Gasteiger partial charge in [0.1, 0.15) is 11.3 Å². The lowest BCUT2D eigenvalue weighted by molar-refractivity contribution is 0.0694. The minimum atomic E-state index is -1.17. The molecule has 0 saturated heterocycles. The Morgan fingerprint density at radius 2 is 2.21 bits per heavy atom. The van der Waals surface area contributed by atoms with Crippen LogP contribution >= 0.6 is 11.6 Å². The van der Waals surface area contributed by atoms with Crippen LogP contribution < -0.4 is 0 Å². The van der Waals surface area contributed by atoms with Gasteiger partial charge >= 0.3 is 5.97 Å². The zero-order valence-electron chi connectivity index (χ0n) is 7.12. The maximum Gasteiger partial charge on any atom is 0.339 e. The number of carboxylic acid groups (broad SMARTS) is 1. The van der Waals surface area contributed by atoms with Crippen molar-refractivity contribution in [2.24, 2.45) is 0 Å². The van der Waals surface area contributed by atoms with Crippen molar-refractivity contribution in [2.75, 3.05) is 5.88 Å². The monoisotopic (exact) mass is 210 g/mol. The Morgan fingerprint density at radius 3 is 2.71 bits per heavy atom. The van der Waals surface area contributed by atoms with E-state index >= 15 is 0 Å². The summed E-state index contributed by atoms with van der Waals surface area (Å²) in [6, 6.07) is 4.11. The van der Waals surface area contributed by atoms with E-state index in [1.54, 1.807) is 0 Å². The summed E-state index contributed by atoms with van der Waals surface area (Å²) in [5.41, 5.74) is 0.398. The number of carbonyl (C=O) groups is 1. The molecule has 0 aliphatic heterocycles. The van der Waals surface area contributed by atoms with E-state index in [1.807, 2.05) is 0 Å². The molecule has 3 nitrogen and oxygen atoms in total. The number of benzene rings is 1. The molecule has 0 atom stereocenters. The number of aromatic carboxylic acids is 1. The van der Waals surface area contributed by atoms with E-state index in [2.05, 4.69) is 11.8 Å². The molecule has 0 heterocycles. The van der Waals surface area contributed by atoms with Crippen molar-refractivity contribution < 1.29 is 15.0 Å². The molecule has 4 heteroatoms. The molecule has 0 spiro atoms. The van der Waals surface area contributed by atoms with Crippen LogP contribution in [-0.2, 0) is 0 Å². The Hall–Kier alpha value is -1.66. The number of phenols is 1. The fraction of sp³-hybridized carbons (Fsp3) is 0.100. The standard InChI is InChI=1S/C10H7ClO3/c11-5-1-2-7-3-4-8(10(13)14)9(12)6-7/h3-4,6,12H,5H2,(H,13,14). The normalized spacial score (nSPS) is 8.93. The van der Waals surface area contributed by atoms with Gasteiger partial charge in [-0.3, -0.25) is 0 Å². The molecule has 0 unspecified atom stereocenters. The molecule has 1 rings (SSSR count). The van der Waals surface area contributed by atoms with Gasteiger partial charge in [0.2, 0.25) is 0 Å². The second-order valence-electron chi connectivity index (χ2n) is 2.47. The summed E-state index contributed by atoms with van der Waals surface area (Å²) in [5.74, 6) is 4.00. The molecule has 0 radical (unpaired) electrons. The first-order valence-electron chi connectivity index (χ1n) is 3.76. The highest BCUT2D eigenvalue weighted by atomic mass is 35.5. The van der Waals surface area contributed by atoms with Gasteiger partial charge in [-0.1, -0.05) is 11.8 Å². The van der Waals surface area contributed by atoms with Gasteiger partial charge < -0.3 is 10.2 Å². The van der Waals surface area contributed by atoms with Gasteiger partial charge in [0, 0.05) is 5.56 Å². The number of rotatable bonds is 1. The van der Waals surface area contributed by atoms with E-state index < -0.39 is 5.97 Å². The number of alkyl halides is 1. The first kappa shape index (κ1) is 10.4. The summed E-state index contributed by atoms with van der Waals surface area (Å²) in [7, 11) is 0.